The first-order valence-corrected chi connectivity index (χ1v) is 27.3. The lowest BCUT2D eigenvalue weighted by atomic mass is 9.96. The van der Waals surface area contributed by atoms with Crippen molar-refractivity contribution >= 4 is 71.4 Å². The van der Waals surface area contributed by atoms with Gasteiger partial charge in [0, 0.05) is 28.2 Å². The number of nitrogens with two attached hydrogens (primary N) is 2. The van der Waals surface area contributed by atoms with Gasteiger partial charge in [0.15, 0.2) is 36.0 Å². The molecule has 1 saturated heterocycles. The van der Waals surface area contributed by atoms with Gasteiger partial charge >= 0.3 is 0 Å². The Balaban J connectivity index is 1.62. The van der Waals surface area contributed by atoms with E-state index in [2.05, 4.69) is 31.9 Å². The lowest BCUT2D eigenvalue weighted by Crippen LogP contribution is -2.66. The predicted octanol–water partition coefficient (Wildman–Crippen LogP) is -1.68. The minimum atomic E-state index is -2.12. The zero-order valence-electron chi connectivity index (χ0n) is 48.3. The molecule has 448 valence electrons. The number of aldehydes is 2. The highest BCUT2D eigenvalue weighted by molar-refractivity contribution is 6.13. The van der Waals surface area contributed by atoms with Crippen LogP contribution in [0.25, 0.3) is 0 Å². The van der Waals surface area contributed by atoms with Crippen LogP contribution in [0.2, 0.25) is 0 Å². The van der Waals surface area contributed by atoms with Gasteiger partial charge in [-0.05, 0) is 75.6 Å². The van der Waals surface area contributed by atoms with Crippen LogP contribution in [0.1, 0.15) is 49.9 Å². The summed E-state index contributed by atoms with van der Waals surface area (Å²) in [5.41, 5.74) is 15.4. The second-order valence-corrected chi connectivity index (χ2v) is 20.9. The smallest absolute Gasteiger partial charge is 0.260 e. The standard InChI is InChI=1S/C60H76N12O12/c1-35-53(77)65-48(50(76)46(62)32-42-27-19-12-20-28-42)58(82)70(6)37(3)55(79)67-52(64-44(34-74)30-40-23-15-10-16-24-40)60(84)72(8)38(4)56(80)68-51(63-43(33-73)29-39-21-13-9-14-22-39)59(83)71(7)36(2)54(78)66-47(57(81)69(35)5)49(75)45(61)31-41-25-17-11-18-26-41/h9-28,33-38,43-48,51-52,63-64H,29-32,61-62H2,1-8H3,(H,65,77)(H,66,78)(H,67,79)(H,68,80)/t35?,36?,37?,38?,43-,44-,45+,46+,47?,48?,51?,52?/m1/s1. The molecule has 24 nitrogen and oxygen atoms in total. The first kappa shape index (κ1) is 66.0. The lowest BCUT2D eigenvalue weighted by Gasteiger charge is -2.35. The van der Waals surface area contributed by atoms with E-state index in [1.807, 2.05) is 0 Å². The Hall–Kier alpha value is -8.84. The van der Waals surface area contributed by atoms with Gasteiger partial charge in [0.25, 0.3) is 23.6 Å². The molecular weight excluding hydrogens is 1080 g/mol. The van der Waals surface area contributed by atoms with E-state index in [-0.39, 0.29) is 25.7 Å². The number of carbonyl (C=O) groups is 12. The Bertz CT molecular complexity index is 2870. The third kappa shape index (κ3) is 17.6. The summed E-state index contributed by atoms with van der Waals surface area (Å²) in [6.07, 6.45) is -2.79. The molecule has 4 aromatic carbocycles. The van der Waals surface area contributed by atoms with Crippen LogP contribution in [0.3, 0.4) is 0 Å². The number of likely N-dealkylation sites (N-methyl/N-ethyl adjacent to an activating group) is 4. The summed E-state index contributed by atoms with van der Waals surface area (Å²) in [5, 5.41) is 15.6. The number of amides is 8. The monoisotopic (exact) mass is 1160 g/mol. The van der Waals surface area contributed by atoms with Gasteiger partial charge in [0.05, 0.1) is 24.2 Å². The zero-order valence-corrected chi connectivity index (χ0v) is 48.3. The topological polar surface area (TPSA) is 342 Å². The molecule has 0 spiro atoms. The number of Topliss-reactive ketones (excluding diaryl/α,β-unsaturated/α-hetero) is 2. The van der Waals surface area contributed by atoms with Crippen molar-refractivity contribution in [3.63, 3.8) is 0 Å². The third-order valence-electron chi connectivity index (χ3n) is 14.9. The molecule has 0 aliphatic carbocycles. The Labute approximate surface area is 488 Å². The SMILES string of the molecule is CC1C(=O)NC(C(=O)[C@@H](N)Cc2ccccc2)C(=O)N(C)C(C)C(=O)NC(C(=O)[C@@H](N)Cc2ccccc2)C(=O)N(C)C(C)C(=O)NC(N[C@@H](C=O)Cc2ccccc2)C(=O)N(C)C(C)C(=O)NC(N[C@@H](C=O)Cc2ccccc2)C(=O)N1C. The largest absolute Gasteiger partial charge is 0.336 e. The highest BCUT2D eigenvalue weighted by Crippen LogP contribution is 2.15. The van der Waals surface area contributed by atoms with Crippen molar-refractivity contribution in [1.82, 2.24) is 51.5 Å². The van der Waals surface area contributed by atoms with Gasteiger partial charge < -0.3 is 61.9 Å². The fourth-order valence-corrected chi connectivity index (χ4v) is 9.01. The molecule has 0 radical (unpaired) electrons. The van der Waals surface area contributed by atoms with Gasteiger partial charge in [-0.2, -0.15) is 0 Å². The average Bonchev–Trinajstić information content (AvgIpc) is 3.69. The van der Waals surface area contributed by atoms with Crippen molar-refractivity contribution in [3.05, 3.63) is 144 Å². The van der Waals surface area contributed by atoms with Crippen molar-refractivity contribution in [3.8, 4) is 0 Å². The van der Waals surface area contributed by atoms with Crippen LogP contribution in [0.5, 0.6) is 0 Å². The molecule has 12 atom stereocenters. The van der Waals surface area contributed by atoms with Gasteiger partial charge in [-0.3, -0.25) is 58.6 Å². The minimum Gasteiger partial charge on any atom is -0.336 e. The molecule has 1 aliphatic heterocycles. The molecule has 1 heterocycles. The molecular formula is C60H76N12O12. The predicted molar refractivity (Wildman–Crippen MR) is 309 cm³/mol. The third-order valence-corrected chi connectivity index (χ3v) is 14.9. The summed E-state index contributed by atoms with van der Waals surface area (Å²) in [4.78, 5) is 174. The highest BCUT2D eigenvalue weighted by atomic mass is 16.2. The van der Waals surface area contributed by atoms with E-state index in [0.717, 1.165) is 33.7 Å². The van der Waals surface area contributed by atoms with Crippen LogP contribution in [0.15, 0.2) is 121 Å². The molecule has 8 unspecified atom stereocenters. The number of nitrogens with one attached hydrogen (secondary N) is 6. The van der Waals surface area contributed by atoms with Gasteiger partial charge in [-0.25, -0.2) is 0 Å². The quantitative estimate of drug-likeness (QED) is 0.0408. The maximum absolute atomic E-state index is 14.7. The Morgan fingerprint density at radius 1 is 0.417 bits per heavy atom. The van der Waals surface area contributed by atoms with Gasteiger partial charge in [-0.1, -0.05) is 121 Å². The summed E-state index contributed by atoms with van der Waals surface area (Å²) in [5.74, 6) is -10.6. The Kier molecular flexibility index (Phi) is 24.3. The normalized spacial score (nSPS) is 23.6. The summed E-state index contributed by atoms with van der Waals surface area (Å²) in [6, 6.07) is 18.7. The van der Waals surface area contributed by atoms with Gasteiger partial charge in [0.2, 0.25) is 23.6 Å². The molecule has 0 bridgehead atoms. The molecule has 4 aromatic rings. The number of hydrogen-bond acceptors (Lipinski definition) is 16. The van der Waals surface area contributed by atoms with Gasteiger partial charge in [0.1, 0.15) is 36.7 Å². The highest BCUT2D eigenvalue weighted by Gasteiger charge is 2.43. The van der Waals surface area contributed by atoms with Crippen LogP contribution in [0.4, 0.5) is 0 Å². The van der Waals surface area contributed by atoms with E-state index in [1.54, 1.807) is 121 Å². The summed E-state index contributed by atoms with van der Waals surface area (Å²) in [6.45, 7) is 5.01. The van der Waals surface area contributed by atoms with Crippen molar-refractivity contribution < 1.29 is 57.5 Å². The van der Waals surface area contributed by atoms with Crippen LogP contribution < -0.4 is 43.4 Å². The number of carbonyl (C=O) groups excluding carboxylic acids is 12. The zero-order chi connectivity index (χ0) is 61.9. The van der Waals surface area contributed by atoms with Crippen molar-refractivity contribution in [2.75, 3.05) is 28.2 Å². The lowest BCUT2D eigenvalue weighted by molar-refractivity contribution is -0.149. The second-order valence-electron chi connectivity index (χ2n) is 20.9. The summed E-state index contributed by atoms with van der Waals surface area (Å²) >= 11 is 0. The van der Waals surface area contributed by atoms with Crippen molar-refractivity contribution in [2.24, 2.45) is 11.5 Å². The molecule has 5 rings (SSSR count). The summed E-state index contributed by atoms with van der Waals surface area (Å²) in [7, 11) is 4.66. The van der Waals surface area contributed by atoms with E-state index in [0.29, 0.717) is 34.8 Å². The Morgan fingerprint density at radius 2 is 0.655 bits per heavy atom. The maximum atomic E-state index is 14.7. The van der Waals surface area contributed by atoms with E-state index in [9.17, 15) is 57.5 Å². The molecule has 0 saturated carbocycles. The molecule has 0 aromatic heterocycles. The van der Waals surface area contributed by atoms with Crippen LogP contribution >= 0.6 is 0 Å². The van der Waals surface area contributed by atoms with Crippen LogP contribution in [-0.2, 0) is 83.2 Å². The molecule has 84 heavy (non-hydrogen) atoms. The van der Waals surface area contributed by atoms with E-state index in [1.165, 1.54) is 41.8 Å². The van der Waals surface area contributed by atoms with Crippen LogP contribution in [0, 0.1) is 0 Å². The molecule has 10 N–H and O–H groups in total. The number of benzene rings is 4. The molecule has 24 heteroatoms. The number of ketones is 2. The number of nitrogens with zero attached hydrogens (tertiary/aromatic N) is 4. The average molecular weight is 1160 g/mol. The van der Waals surface area contributed by atoms with Gasteiger partial charge in [-0.15, -0.1) is 0 Å². The first-order chi connectivity index (χ1) is 39.9. The minimum absolute atomic E-state index is 0.0166. The molecule has 8 amide bonds. The number of rotatable bonds is 18. The first-order valence-electron chi connectivity index (χ1n) is 27.3. The molecule has 1 fully saturated rings. The van der Waals surface area contributed by atoms with E-state index in [4.69, 9.17) is 11.5 Å². The second kappa shape index (κ2) is 31.0. The van der Waals surface area contributed by atoms with Crippen molar-refractivity contribution in [1.29, 1.82) is 0 Å². The number of hydrogen-bond donors (Lipinski definition) is 8. The summed E-state index contributed by atoms with van der Waals surface area (Å²) < 4.78 is 0. The van der Waals surface area contributed by atoms with E-state index >= 15 is 0 Å². The molecule has 1 aliphatic rings. The fraction of sp³-hybridized carbons (Fsp3) is 0.400. The maximum Gasteiger partial charge on any atom is 0.260 e. The van der Waals surface area contributed by atoms with Crippen molar-refractivity contribution in [2.45, 2.75) is 126 Å². The fourth-order valence-electron chi connectivity index (χ4n) is 9.01. The van der Waals surface area contributed by atoms with E-state index < -0.39 is 132 Å². The van der Waals surface area contributed by atoms with Crippen LogP contribution in [-0.4, -0.2) is 192 Å². The Morgan fingerprint density at radius 3 is 0.917 bits per heavy atom.